The van der Waals surface area contributed by atoms with Gasteiger partial charge in [-0.1, -0.05) is 36.8 Å². The van der Waals surface area contributed by atoms with E-state index in [1.54, 1.807) is 0 Å². The van der Waals surface area contributed by atoms with E-state index >= 15 is 0 Å². The fraction of sp³-hybridized carbons (Fsp3) is 0.435. The van der Waals surface area contributed by atoms with Crippen LogP contribution in [0, 0.1) is 12.8 Å². The largest absolute Gasteiger partial charge is 0.345 e. The SMILES string of the molecule is Cc1cc(C(=O)N[C@@H](c2ccccc2)C2CC2)c2nc3n(c2n1)CCCCC3. The molecule has 3 heterocycles. The van der Waals surface area contributed by atoms with Gasteiger partial charge in [0.1, 0.15) is 11.3 Å². The number of carbonyl (C=O) groups excluding carboxylic acids is 1. The second kappa shape index (κ2) is 7.04. The molecule has 28 heavy (non-hydrogen) atoms. The molecule has 0 radical (unpaired) electrons. The van der Waals surface area contributed by atoms with Gasteiger partial charge in [-0.2, -0.15) is 0 Å². The van der Waals surface area contributed by atoms with Gasteiger partial charge in [0.15, 0.2) is 5.65 Å². The van der Waals surface area contributed by atoms with E-state index in [1.165, 1.54) is 24.8 Å². The van der Waals surface area contributed by atoms with Crippen molar-refractivity contribution >= 4 is 17.1 Å². The number of aryl methyl sites for hydroxylation is 3. The third-order valence-electron chi connectivity index (χ3n) is 5.98. The number of nitrogens with zero attached hydrogens (tertiary/aromatic N) is 3. The van der Waals surface area contributed by atoms with Crippen LogP contribution in [0.25, 0.3) is 11.2 Å². The van der Waals surface area contributed by atoms with E-state index in [4.69, 9.17) is 9.97 Å². The van der Waals surface area contributed by atoms with Crippen LogP contribution in [-0.2, 0) is 13.0 Å². The highest BCUT2D eigenvalue weighted by Gasteiger charge is 2.34. The molecule has 0 spiro atoms. The summed E-state index contributed by atoms with van der Waals surface area (Å²) in [6, 6.07) is 12.3. The molecule has 3 aromatic rings. The lowest BCUT2D eigenvalue weighted by molar-refractivity contribution is 0.0933. The van der Waals surface area contributed by atoms with Crippen LogP contribution < -0.4 is 5.32 Å². The lowest BCUT2D eigenvalue weighted by atomic mass is 10.0. The van der Waals surface area contributed by atoms with E-state index in [0.29, 0.717) is 11.5 Å². The summed E-state index contributed by atoms with van der Waals surface area (Å²) in [5.74, 6) is 1.56. The fourth-order valence-corrected chi connectivity index (χ4v) is 4.37. The van der Waals surface area contributed by atoms with Crippen molar-refractivity contribution < 1.29 is 4.79 Å². The van der Waals surface area contributed by atoms with Crippen LogP contribution in [0.15, 0.2) is 36.4 Å². The topological polar surface area (TPSA) is 59.8 Å². The number of imidazole rings is 1. The quantitative estimate of drug-likeness (QED) is 0.739. The highest BCUT2D eigenvalue weighted by Crippen LogP contribution is 2.41. The maximum absolute atomic E-state index is 13.3. The van der Waals surface area contributed by atoms with Gasteiger partial charge < -0.3 is 9.88 Å². The molecule has 1 N–H and O–H groups in total. The predicted molar refractivity (Wildman–Crippen MR) is 109 cm³/mol. The van der Waals surface area contributed by atoms with Crippen molar-refractivity contribution in [3.05, 3.63) is 59.0 Å². The minimum atomic E-state index is -0.0375. The average molecular weight is 374 g/mol. The van der Waals surface area contributed by atoms with Crippen molar-refractivity contribution in [2.45, 2.75) is 58.0 Å². The van der Waals surface area contributed by atoms with Crippen molar-refractivity contribution in [2.24, 2.45) is 5.92 Å². The van der Waals surface area contributed by atoms with Crippen molar-refractivity contribution in [3.63, 3.8) is 0 Å². The molecule has 144 valence electrons. The molecule has 5 heteroatoms. The number of hydrogen-bond acceptors (Lipinski definition) is 3. The number of pyridine rings is 1. The summed E-state index contributed by atoms with van der Waals surface area (Å²) in [6.45, 7) is 2.90. The first-order valence-corrected chi connectivity index (χ1v) is 10.4. The van der Waals surface area contributed by atoms with Crippen LogP contribution in [0.2, 0.25) is 0 Å². The van der Waals surface area contributed by atoms with E-state index in [2.05, 4.69) is 22.0 Å². The van der Waals surface area contributed by atoms with Gasteiger partial charge in [0.25, 0.3) is 5.91 Å². The van der Waals surface area contributed by atoms with Crippen molar-refractivity contribution in [1.29, 1.82) is 0 Å². The maximum atomic E-state index is 13.3. The molecule has 2 aliphatic rings. The van der Waals surface area contributed by atoms with E-state index in [1.807, 2.05) is 31.2 Å². The molecule has 5 nitrogen and oxygen atoms in total. The summed E-state index contributed by atoms with van der Waals surface area (Å²) < 4.78 is 2.22. The molecule has 1 saturated carbocycles. The lowest BCUT2D eigenvalue weighted by Crippen LogP contribution is -2.30. The van der Waals surface area contributed by atoms with E-state index in [0.717, 1.165) is 48.5 Å². The second-order valence-electron chi connectivity index (χ2n) is 8.17. The van der Waals surface area contributed by atoms with Crippen LogP contribution in [0.3, 0.4) is 0 Å². The van der Waals surface area contributed by atoms with Gasteiger partial charge in [0, 0.05) is 18.7 Å². The molecule has 5 rings (SSSR count). The van der Waals surface area contributed by atoms with Crippen LogP contribution >= 0.6 is 0 Å². The number of rotatable bonds is 4. The predicted octanol–water partition coefficient (Wildman–Crippen LogP) is 4.35. The minimum absolute atomic E-state index is 0.0375. The van der Waals surface area contributed by atoms with Gasteiger partial charge >= 0.3 is 0 Å². The number of hydrogen-bond donors (Lipinski definition) is 1. The van der Waals surface area contributed by atoms with Gasteiger partial charge in [-0.15, -0.1) is 0 Å². The van der Waals surface area contributed by atoms with Crippen LogP contribution in [0.4, 0.5) is 0 Å². The molecule has 1 aromatic carbocycles. The summed E-state index contributed by atoms with van der Waals surface area (Å²) in [5.41, 5.74) is 4.32. The first kappa shape index (κ1) is 17.4. The highest BCUT2D eigenvalue weighted by molar-refractivity contribution is 6.04. The zero-order valence-corrected chi connectivity index (χ0v) is 16.3. The molecule has 0 bridgehead atoms. The highest BCUT2D eigenvalue weighted by atomic mass is 16.1. The van der Waals surface area contributed by atoms with Gasteiger partial charge in [-0.25, -0.2) is 9.97 Å². The number of benzene rings is 1. The van der Waals surface area contributed by atoms with Gasteiger partial charge in [0.2, 0.25) is 0 Å². The summed E-state index contributed by atoms with van der Waals surface area (Å²) >= 11 is 0. The molecule has 0 unspecified atom stereocenters. The number of aromatic nitrogens is 3. The van der Waals surface area contributed by atoms with Crippen molar-refractivity contribution in [2.75, 3.05) is 0 Å². The molecule has 2 aromatic heterocycles. The van der Waals surface area contributed by atoms with Gasteiger partial charge in [-0.3, -0.25) is 4.79 Å². The smallest absolute Gasteiger partial charge is 0.254 e. The Hall–Kier alpha value is -2.69. The van der Waals surface area contributed by atoms with E-state index in [-0.39, 0.29) is 11.9 Å². The molecular formula is C23H26N4O. The van der Waals surface area contributed by atoms with Crippen LogP contribution in [0.1, 0.15) is 65.6 Å². The monoisotopic (exact) mass is 374 g/mol. The summed E-state index contributed by atoms with van der Waals surface area (Å²) in [5, 5.41) is 3.31. The van der Waals surface area contributed by atoms with Crippen LogP contribution in [0.5, 0.6) is 0 Å². The van der Waals surface area contributed by atoms with Crippen LogP contribution in [-0.4, -0.2) is 20.4 Å². The normalized spacial score (nSPS) is 17.8. The zero-order chi connectivity index (χ0) is 19.1. The maximum Gasteiger partial charge on any atom is 0.254 e. The van der Waals surface area contributed by atoms with Gasteiger partial charge in [0.05, 0.1) is 11.6 Å². The third-order valence-corrected chi connectivity index (χ3v) is 5.98. The molecule has 1 fully saturated rings. The lowest BCUT2D eigenvalue weighted by Gasteiger charge is -2.19. The fourth-order valence-electron chi connectivity index (χ4n) is 4.37. The first-order chi connectivity index (χ1) is 13.7. The second-order valence-corrected chi connectivity index (χ2v) is 8.17. The third kappa shape index (κ3) is 3.19. The molecule has 1 aliphatic carbocycles. The number of amides is 1. The first-order valence-electron chi connectivity index (χ1n) is 10.4. The average Bonchev–Trinajstić information content (AvgIpc) is 3.52. The van der Waals surface area contributed by atoms with Gasteiger partial charge in [-0.05, 0) is 50.2 Å². The Bertz CT molecular complexity index is 1020. The zero-order valence-electron chi connectivity index (χ0n) is 16.3. The number of carbonyl (C=O) groups is 1. The Morgan fingerprint density at radius 1 is 1.14 bits per heavy atom. The summed E-state index contributed by atoms with van der Waals surface area (Å²) in [7, 11) is 0. The standard InChI is InChI=1S/C23H26N4O/c1-15-14-18(21-22(24-15)27-13-7-3-6-10-19(27)25-21)23(28)26-20(17-11-12-17)16-8-4-2-5-9-16/h2,4-5,8-9,14,17,20H,3,6-7,10-13H2,1H3,(H,26,28)/t20-/m0/s1. The molecule has 0 saturated heterocycles. The Morgan fingerprint density at radius 2 is 1.96 bits per heavy atom. The Morgan fingerprint density at radius 3 is 2.75 bits per heavy atom. The Balaban J connectivity index is 1.52. The Labute approximate surface area is 165 Å². The summed E-state index contributed by atoms with van der Waals surface area (Å²) in [6.07, 6.45) is 6.83. The number of fused-ring (bicyclic) bond motifs is 3. The molecular weight excluding hydrogens is 348 g/mol. The number of nitrogens with one attached hydrogen (secondary N) is 1. The van der Waals surface area contributed by atoms with E-state index < -0.39 is 0 Å². The van der Waals surface area contributed by atoms with E-state index in [9.17, 15) is 4.79 Å². The summed E-state index contributed by atoms with van der Waals surface area (Å²) in [4.78, 5) is 22.9. The molecule has 1 atom stereocenters. The van der Waals surface area contributed by atoms with Crippen molar-refractivity contribution in [1.82, 2.24) is 19.9 Å². The Kier molecular flexibility index (Phi) is 4.38. The minimum Gasteiger partial charge on any atom is -0.345 e. The van der Waals surface area contributed by atoms with Crippen molar-refractivity contribution in [3.8, 4) is 0 Å². The molecule has 1 amide bonds. The molecule has 1 aliphatic heterocycles.